The van der Waals surface area contributed by atoms with Crippen molar-refractivity contribution in [2.75, 3.05) is 5.32 Å². The molecule has 0 unspecified atom stereocenters. The Morgan fingerprint density at radius 3 is 2.64 bits per heavy atom. The van der Waals surface area contributed by atoms with Crippen molar-refractivity contribution in [1.82, 2.24) is 0 Å². The minimum Gasteiger partial charge on any atom is -0.460 e. The number of benzene rings is 2. The first-order valence-corrected chi connectivity index (χ1v) is 8.11. The average Bonchev–Trinajstić information content (AvgIpc) is 2.97. The Morgan fingerprint density at radius 1 is 1.16 bits per heavy atom. The average molecular weight is 371 g/mol. The molecule has 1 heterocycles. The molecule has 0 spiro atoms. The lowest BCUT2D eigenvalue weighted by Crippen LogP contribution is -2.13. The number of nitriles is 1. The minimum absolute atomic E-state index is 0.361. The van der Waals surface area contributed by atoms with E-state index in [1.54, 1.807) is 55.5 Å². The third-order valence-corrected chi connectivity index (χ3v) is 4.20. The van der Waals surface area contributed by atoms with Crippen molar-refractivity contribution in [3.05, 3.63) is 75.5 Å². The van der Waals surface area contributed by atoms with Gasteiger partial charge in [0.25, 0.3) is 5.91 Å². The molecule has 0 bridgehead atoms. The van der Waals surface area contributed by atoms with Crippen LogP contribution in [0.2, 0.25) is 10.0 Å². The summed E-state index contributed by atoms with van der Waals surface area (Å²) in [6, 6.07) is 15.5. The van der Waals surface area contributed by atoms with Crippen molar-refractivity contribution in [2.45, 2.75) is 6.92 Å². The van der Waals surface area contributed by atoms with Gasteiger partial charge in [-0.15, -0.1) is 0 Å². The van der Waals surface area contributed by atoms with Crippen molar-refractivity contribution < 1.29 is 9.21 Å². The number of nitrogens with one attached hydrogen (secondary N) is 1. The number of amides is 1. The second-order valence-electron chi connectivity index (χ2n) is 5.32. The second-order valence-corrected chi connectivity index (χ2v) is 6.16. The fourth-order valence-electron chi connectivity index (χ4n) is 2.41. The van der Waals surface area contributed by atoms with Gasteiger partial charge in [0, 0.05) is 10.6 Å². The van der Waals surface area contributed by atoms with Crippen LogP contribution in [0.5, 0.6) is 0 Å². The number of halogens is 2. The Morgan fingerprint density at radius 2 is 1.92 bits per heavy atom. The molecule has 3 aromatic rings. The molecule has 0 fully saturated rings. The Kier molecular flexibility index (Phi) is 4.80. The van der Waals surface area contributed by atoms with Crippen LogP contribution in [0.1, 0.15) is 21.7 Å². The molecule has 6 heteroatoms. The highest BCUT2D eigenvalue weighted by Gasteiger charge is 2.18. The lowest BCUT2D eigenvalue weighted by molar-refractivity contribution is 0.102. The first-order chi connectivity index (χ1) is 12.0. The normalized spacial score (nSPS) is 10.3. The summed E-state index contributed by atoms with van der Waals surface area (Å²) in [6.45, 7) is 1.69. The van der Waals surface area contributed by atoms with Crippen LogP contribution in [-0.4, -0.2) is 5.91 Å². The Labute approximate surface area is 154 Å². The van der Waals surface area contributed by atoms with E-state index in [1.165, 1.54) is 0 Å². The first-order valence-electron chi connectivity index (χ1n) is 7.36. The molecule has 0 radical (unpaired) electrons. The number of carbonyl (C=O) groups excluding carboxylic acids is 1. The lowest BCUT2D eigenvalue weighted by Gasteiger charge is -2.05. The van der Waals surface area contributed by atoms with Crippen LogP contribution < -0.4 is 5.32 Å². The van der Waals surface area contributed by atoms with E-state index in [4.69, 9.17) is 32.9 Å². The van der Waals surface area contributed by atoms with Crippen molar-refractivity contribution in [3.63, 3.8) is 0 Å². The standard InChI is InChI=1S/C19H12Cl2N2O2/c1-11-15(19(24)23-17-5-3-2-4-12(17)10-22)9-18(25-11)14-7-6-13(20)8-16(14)21/h2-9H,1H3,(H,23,24). The first kappa shape index (κ1) is 17.1. The highest BCUT2D eigenvalue weighted by molar-refractivity contribution is 6.36. The summed E-state index contributed by atoms with van der Waals surface area (Å²) in [5.74, 6) is 0.561. The maximum Gasteiger partial charge on any atom is 0.259 e. The van der Waals surface area contributed by atoms with E-state index >= 15 is 0 Å². The van der Waals surface area contributed by atoms with Gasteiger partial charge in [0.2, 0.25) is 0 Å². The van der Waals surface area contributed by atoms with Crippen molar-refractivity contribution >= 4 is 34.8 Å². The maximum absolute atomic E-state index is 12.6. The van der Waals surface area contributed by atoms with Crippen LogP contribution in [0.25, 0.3) is 11.3 Å². The van der Waals surface area contributed by atoms with Gasteiger partial charge in [-0.2, -0.15) is 5.26 Å². The summed E-state index contributed by atoms with van der Waals surface area (Å²) in [7, 11) is 0. The van der Waals surface area contributed by atoms with Gasteiger partial charge in [-0.3, -0.25) is 4.79 Å². The third-order valence-electron chi connectivity index (χ3n) is 3.65. The third kappa shape index (κ3) is 3.53. The zero-order valence-corrected chi connectivity index (χ0v) is 14.7. The van der Waals surface area contributed by atoms with Crippen LogP contribution >= 0.6 is 23.2 Å². The van der Waals surface area contributed by atoms with Crippen LogP contribution in [0.15, 0.2) is 52.9 Å². The van der Waals surface area contributed by atoms with E-state index in [0.29, 0.717) is 43.9 Å². The van der Waals surface area contributed by atoms with Crippen LogP contribution in [0, 0.1) is 18.3 Å². The lowest BCUT2D eigenvalue weighted by atomic mass is 10.1. The molecule has 124 valence electrons. The molecule has 2 aromatic carbocycles. The van der Waals surface area contributed by atoms with E-state index in [0.717, 1.165) is 0 Å². The fraction of sp³-hybridized carbons (Fsp3) is 0.0526. The SMILES string of the molecule is Cc1oc(-c2ccc(Cl)cc2Cl)cc1C(=O)Nc1ccccc1C#N. The van der Waals surface area contributed by atoms with Crippen molar-refractivity contribution in [2.24, 2.45) is 0 Å². The molecule has 0 saturated heterocycles. The van der Waals surface area contributed by atoms with Gasteiger partial charge >= 0.3 is 0 Å². The highest BCUT2D eigenvalue weighted by Crippen LogP contribution is 2.33. The number of aryl methyl sites for hydroxylation is 1. The van der Waals surface area contributed by atoms with Gasteiger partial charge in [0.05, 0.1) is 21.8 Å². The van der Waals surface area contributed by atoms with Gasteiger partial charge in [-0.25, -0.2) is 0 Å². The summed E-state index contributed by atoms with van der Waals surface area (Å²) >= 11 is 12.1. The monoisotopic (exact) mass is 370 g/mol. The molecule has 0 atom stereocenters. The number of hydrogen-bond donors (Lipinski definition) is 1. The molecular formula is C19H12Cl2N2O2. The number of furan rings is 1. The topological polar surface area (TPSA) is 66.0 Å². The van der Waals surface area contributed by atoms with Crippen molar-refractivity contribution in [3.8, 4) is 17.4 Å². The molecule has 25 heavy (non-hydrogen) atoms. The Bertz CT molecular complexity index is 1000. The van der Waals surface area contributed by atoms with Crippen LogP contribution in [0.4, 0.5) is 5.69 Å². The molecule has 1 N–H and O–H groups in total. The molecule has 0 aliphatic rings. The number of para-hydroxylation sites is 1. The predicted molar refractivity (Wildman–Crippen MR) is 98.0 cm³/mol. The minimum atomic E-state index is -0.361. The van der Waals surface area contributed by atoms with E-state index < -0.39 is 0 Å². The summed E-state index contributed by atoms with van der Waals surface area (Å²) in [4.78, 5) is 12.6. The Balaban J connectivity index is 1.92. The van der Waals surface area contributed by atoms with E-state index in [-0.39, 0.29) is 5.91 Å². The molecule has 4 nitrogen and oxygen atoms in total. The van der Waals surface area contributed by atoms with Crippen LogP contribution in [0.3, 0.4) is 0 Å². The molecule has 1 amide bonds. The number of anilines is 1. The van der Waals surface area contributed by atoms with Gasteiger partial charge in [-0.05, 0) is 43.3 Å². The summed E-state index contributed by atoms with van der Waals surface area (Å²) in [5.41, 5.74) is 1.85. The Hall–Kier alpha value is -2.74. The maximum atomic E-state index is 12.6. The van der Waals surface area contributed by atoms with Crippen LogP contribution in [-0.2, 0) is 0 Å². The van der Waals surface area contributed by atoms with E-state index in [9.17, 15) is 4.79 Å². The smallest absolute Gasteiger partial charge is 0.259 e. The molecule has 1 aromatic heterocycles. The predicted octanol–water partition coefficient (Wildman–Crippen LogP) is 5.69. The van der Waals surface area contributed by atoms with Gasteiger partial charge in [0.15, 0.2) is 0 Å². The fourth-order valence-corrected chi connectivity index (χ4v) is 2.91. The van der Waals surface area contributed by atoms with Gasteiger partial charge in [-0.1, -0.05) is 35.3 Å². The van der Waals surface area contributed by atoms with Gasteiger partial charge < -0.3 is 9.73 Å². The number of hydrogen-bond acceptors (Lipinski definition) is 3. The number of nitrogens with zero attached hydrogens (tertiary/aromatic N) is 1. The second kappa shape index (κ2) is 7.02. The highest BCUT2D eigenvalue weighted by atomic mass is 35.5. The zero-order valence-electron chi connectivity index (χ0n) is 13.1. The summed E-state index contributed by atoms with van der Waals surface area (Å²) < 4.78 is 5.68. The molecule has 0 aliphatic heterocycles. The molecule has 0 saturated carbocycles. The summed E-state index contributed by atoms with van der Waals surface area (Å²) in [5, 5.41) is 12.8. The molecular weight excluding hydrogens is 359 g/mol. The van der Waals surface area contributed by atoms with Crippen molar-refractivity contribution in [1.29, 1.82) is 5.26 Å². The van der Waals surface area contributed by atoms with E-state index in [1.807, 2.05) is 6.07 Å². The molecule has 0 aliphatic carbocycles. The quantitative estimate of drug-likeness (QED) is 0.644. The summed E-state index contributed by atoms with van der Waals surface area (Å²) in [6.07, 6.45) is 0. The molecule has 3 rings (SSSR count). The zero-order chi connectivity index (χ0) is 18.0. The van der Waals surface area contributed by atoms with E-state index in [2.05, 4.69) is 5.32 Å². The van der Waals surface area contributed by atoms with Gasteiger partial charge in [0.1, 0.15) is 17.6 Å². The largest absolute Gasteiger partial charge is 0.460 e. The number of rotatable bonds is 3. The number of carbonyl (C=O) groups is 1.